The standard InChI is InChI=1S/C21H23N3O2S/c1-26-13-7-12-22-20(25)15-27-21-19(14-16-8-3-2-4-9-16)23-17-10-5-6-11-18(17)24-21/h2-6,8-11H,7,12-15H2,1H3,(H,22,25). The van der Waals surface area contributed by atoms with Crippen molar-refractivity contribution in [2.24, 2.45) is 0 Å². The predicted octanol–water partition coefficient (Wildman–Crippen LogP) is 3.47. The largest absolute Gasteiger partial charge is 0.385 e. The van der Waals surface area contributed by atoms with E-state index >= 15 is 0 Å². The van der Waals surface area contributed by atoms with Gasteiger partial charge in [-0.2, -0.15) is 0 Å². The molecule has 0 aliphatic heterocycles. The molecule has 6 heteroatoms. The summed E-state index contributed by atoms with van der Waals surface area (Å²) in [5.74, 6) is 0.318. The van der Waals surface area contributed by atoms with E-state index in [0.717, 1.165) is 28.2 Å². The summed E-state index contributed by atoms with van der Waals surface area (Å²) in [7, 11) is 1.66. The summed E-state index contributed by atoms with van der Waals surface area (Å²) in [6.07, 6.45) is 1.50. The van der Waals surface area contributed by atoms with Crippen LogP contribution in [0.25, 0.3) is 11.0 Å². The van der Waals surface area contributed by atoms with Crippen LogP contribution < -0.4 is 5.32 Å². The van der Waals surface area contributed by atoms with E-state index in [4.69, 9.17) is 14.7 Å². The van der Waals surface area contributed by atoms with Crippen LogP contribution in [0.2, 0.25) is 0 Å². The van der Waals surface area contributed by atoms with Crippen molar-refractivity contribution in [2.45, 2.75) is 17.9 Å². The number of para-hydroxylation sites is 2. The summed E-state index contributed by atoms with van der Waals surface area (Å²) >= 11 is 1.44. The van der Waals surface area contributed by atoms with Crippen molar-refractivity contribution in [3.8, 4) is 0 Å². The number of aromatic nitrogens is 2. The van der Waals surface area contributed by atoms with Crippen molar-refractivity contribution in [1.29, 1.82) is 0 Å². The second kappa shape index (κ2) is 10.0. The molecule has 0 radical (unpaired) electrons. The number of benzene rings is 2. The number of rotatable bonds is 9. The third kappa shape index (κ3) is 5.77. The Labute approximate surface area is 163 Å². The van der Waals surface area contributed by atoms with Crippen LogP contribution in [0, 0.1) is 0 Å². The number of thioether (sulfide) groups is 1. The summed E-state index contributed by atoms with van der Waals surface area (Å²) in [6, 6.07) is 18.0. The third-order valence-corrected chi connectivity index (χ3v) is 5.01. The van der Waals surface area contributed by atoms with Gasteiger partial charge in [0.1, 0.15) is 5.03 Å². The Morgan fingerprint density at radius 3 is 2.48 bits per heavy atom. The molecule has 140 valence electrons. The zero-order valence-corrected chi connectivity index (χ0v) is 16.2. The molecule has 0 aliphatic carbocycles. The van der Waals surface area contributed by atoms with E-state index in [1.807, 2.05) is 42.5 Å². The van der Waals surface area contributed by atoms with Crippen LogP contribution in [0.5, 0.6) is 0 Å². The molecule has 5 nitrogen and oxygen atoms in total. The van der Waals surface area contributed by atoms with Gasteiger partial charge in [-0.05, 0) is 24.1 Å². The molecule has 1 aromatic heterocycles. The Morgan fingerprint density at radius 2 is 1.74 bits per heavy atom. The van der Waals surface area contributed by atoms with Crippen LogP contribution in [0.3, 0.4) is 0 Å². The Balaban J connectivity index is 1.73. The fourth-order valence-electron chi connectivity index (χ4n) is 2.67. The number of carbonyl (C=O) groups excluding carboxylic acids is 1. The molecule has 0 fully saturated rings. The molecule has 0 aliphatic rings. The molecule has 3 aromatic rings. The van der Waals surface area contributed by atoms with Crippen molar-refractivity contribution in [2.75, 3.05) is 26.0 Å². The normalized spacial score (nSPS) is 10.9. The summed E-state index contributed by atoms with van der Waals surface area (Å²) in [5.41, 5.74) is 3.79. The maximum absolute atomic E-state index is 12.1. The third-order valence-electron chi connectivity index (χ3n) is 4.01. The number of amides is 1. The quantitative estimate of drug-likeness (QED) is 0.454. The molecule has 1 amide bonds. The molecular weight excluding hydrogens is 358 g/mol. The van der Waals surface area contributed by atoms with Crippen LogP contribution in [-0.2, 0) is 16.0 Å². The molecule has 0 saturated heterocycles. The fourth-order valence-corrected chi connectivity index (χ4v) is 3.49. The highest BCUT2D eigenvalue weighted by Crippen LogP contribution is 2.24. The van der Waals surface area contributed by atoms with Gasteiger partial charge in [0.05, 0.1) is 22.5 Å². The van der Waals surface area contributed by atoms with Gasteiger partial charge in [-0.3, -0.25) is 4.79 Å². The number of ether oxygens (including phenoxy) is 1. The number of hydrogen-bond donors (Lipinski definition) is 1. The van der Waals surface area contributed by atoms with Crippen LogP contribution in [0.4, 0.5) is 0 Å². The van der Waals surface area contributed by atoms with Gasteiger partial charge in [-0.1, -0.05) is 54.2 Å². The number of nitrogens with zero attached hydrogens (tertiary/aromatic N) is 2. The summed E-state index contributed by atoms with van der Waals surface area (Å²) in [6.45, 7) is 1.26. The fraction of sp³-hybridized carbons (Fsp3) is 0.286. The lowest BCUT2D eigenvalue weighted by Gasteiger charge is -2.10. The average Bonchev–Trinajstić information content (AvgIpc) is 2.70. The average molecular weight is 382 g/mol. The van der Waals surface area contributed by atoms with E-state index in [2.05, 4.69) is 17.4 Å². The highest BCUT2D eigenvalue weighted by Gasteiger charge is 2.12. The lowest BCUT2D eigenvalue weighted by Crippen LogP contribution is -2.26. The first-order valence-corrected chi connectivity index (χ1v) is 9.93. The Morgan fingerprint density at radius 1 is 1.04 bits per heavy atom. The second-order valence-electron chi connectivity index (χ2n) is 6.11. The molecule has 3 rings (SSSR count). The zero-order valence-electron chi connectivity index (χ0n) is 15.4. The minimum atomic E-state index is -0.00303. The first-order valence-electron chi connectivity index (χ1n) is 8.94. The number of methoxy groups -OCH3 is 1. The minimum Gasteiger partial charge on any atom is -0.385 e. The van der Waals surface area contributed by atoms with E-state index in [-0.39, 0.29) is 5.91 Å². The lowest BCUT2D eigenvalue weighted by molar-refractivity contribution is -0.118. The first kappa shape index (κ1) is 19.3. The number of hydrogen-bond acceptors (Lipinski definition) is 5. The van der Waals surface area contributed by atoms with Crippen molar-refractivity contribution in [3.05, 3.63) is 65.9 Å². The van der Waals surface area contributed by atoms with Crippen LogP contribution in [0.15, 0.2) is 59.6 Å². The molecular formula is C21H23N3O2S. The molecule has 2 aromatic carbocycles. The monoisotopic (exact) mass is 381 g/mol. The Kier molecular flexibility index (Phi) is 7.19. The van der Waals surface area contributed by atoms with Gasteiger partial charge < -0.3 is 10.1 Å². The molecule has 1 heterocycles. The van der Waals surface area contributed by atoms with Gasteiger partial charge in [-0.15, -0.1) is 0 Å². The lowest BCUT2D eigenvalue weighted by atomic mass is 10.1. The minimum absolute atomic E-state index is 0.00303. The van der Waals surface area contributed by atoms with Gasteiger partial charge in [0, 0.05) is 26.7 Å². The predicted molar refractivity (Wildman–Crippen MR) is 109 cm³/mol. The van der Waals surface area contributed by atoms with E-state index in [1.165, 1.54) is 17.3 Å². The summed E-state index contributed by atoms with van der Waals surface area (Å²) < 4.78 is 4.99. The van der Waals surface area contributed by atoms with Crippen molar-refractivity contribution in [3.63, 3.8) is 0 Å². The first-order chi connectivity index (χ1) is 13.3. The van der Waals surface area contributed by atoms with E-state index in [9.17, 15) is 4.79 Å². The van der Waals surface area contributed by atoms with Gasteiger partial charge >= 0.3 is 0 Å². The Hall–Kier alpha value is -2.44. The van der Waals surface area contributed by atoms with Crippen LogP contribution >= 0.6 is 11.8 Å². The van der Waals surface area contributed by atoms with Crippen molar-refractivity contribution < 1.29 is 9.53 Å². The summed E-state index contributed by atoms with van der Waals surface area (Å²) in [5, 5.41) is 3.72. The summed E-state index contributed by atoms with van der Waals surface area (Å²) in [4.78, 5) is 21.6. The van der Waals surface area contributed by atoms with E-state index in [1.54, 1.807) is 7.11 Å². The maximum atomic E-state index is 12.1. The smallest absolute Gasteiger partial charge is 0.230 e. The molecule has 0 atom stereocenters. The van der Waals surface area contributed by atoms with E-state index < -0.39 is 0 Å². The van der Waals surface area contributed by atoms with Crippen LogP contribution in [0.1, 0.15) is 17.7 Å². The van der Waals surface area contributed by atoms with Crippen LogP contribution in [-0.4, -0.2) is 41.9 Å². The van der Waals surface area contributed by atoms with Gasteiger partial charge in [0.15, 0.2) is 0 Å². The van der Waals surface area contributed by atoms with Gasteiger partial charge in [-0.25, -0.2) is 9.97 Å². The van der Waals surface area contributed by atoms with Crippen molar-refractivity contribution in [1.82, 2.24) is 15.3 Å². The molecule has 1 N–H and O–H groups in total. The van der Waals surface area contributed by atoms with E-state index in [0.29, 0.717) is 25.3 Å². The molecule has 27 heavy (non-hydrogen) atoms. The highest BCUT2D eigenvalue weighted by atomic mass is 32.2. The molecule has 0 bridgehead atoms. The number of nitrogens with one attached hydrogen (secondary N) is 1. The molecule has 0 saturated carbocycles. The SMILES string of the molecule is COCCCNC(=O)CSc1nc2ccccc2nc1Cc1ccccc1. The molecule has 0 unspecified atom stereocenters. The topological polar surface area (TPSA) is 64.1 Å². The Bertz CT molecular complexity index is 887. The molecule has 0 spiro atoms. The zero-order chi connectivity index (χ0) is 18.9. The maximum Gasteiger partial charge on any atom is 0.230 e. The van der Waals surface area contributed by atoms with Crippen molar-refractivity contribution >= 4 is 28.7 Å². The van der Waals surface area contributed by atoms with Gasteiger partial charge in [0.25, 0.3) is 0 Å². The second-order valence-corrected chi connectivity index (χ2v) is 7.08. The van der Waals surface area contributed by atoms with Gasteiger partial charge in [0.2, 0.25) is 5.91 Å². The number of fused-ring (bicyclic) bond motifs is 1. The number of carbonyl (C=O) groups is 1. The highest BCUT2D eigenvalue weighted by molar-refractivity contribution is 7.99.